The molecule has 1 atom stereocenters. The number of esters is 1. The van der Waals surface area contributed by atoms with Crippen LogP contribution in [0.4, 0.5) is 0 Å². The number of carbonyl (C=O) groups is 2. The van der Waals surface area contributed by atoms with Gasteiger partial charge in [-0.1, -0.05) is 6.92 Å². The minimum absolute atomic E-state index is 0.0198. The zero-order chi connectivity index (χ0) is 13.5. The highest BCUT2D eigenvalue weighted by Crippen LogP contribution is 2.00. The van der Waals surface area contributed by atoms with Gasteiger partial charge in [-0.05, 0) is 12.8 Å². The third-order valence-electron chi connectivity index (χ3n) is 1.79. The highest BCUT2D eigenvalue weighted by atomic mass is 32.2. The number of carboxylic acids is 1. The van der Waals surface area contributed by atoms with Gasteiger partial charge in [0.2, 0.25) is 10.0 Å². The standard InChI is InChI=1S/C9H17NO6S/c1-3-16-9(13)6-17(14,15)10-5-7(2)4-8(11)12/h7,10H,3-6H2,1-2H3,(H,11,12). The fourth-order valence-electron chi connectivity index (χ4n) is 1.05. The van der Waals surface area contributed by atoms with Crippen molar-refractivity contribution in [3.63, 3.8) is 0 Å². The van der Waals surface area contributed by atoms with Crippen molar-refractivity contribution in [2.24, 2.45) is 5.92 Å². The molecule has 7 nitrogen and oxygen atoms in total. The van der Waals surface area contributed by atoms with E-state index in [-0.39, 0.29) is 25.5 Å². The number of ether oxygens (including phenoxy) is 1. The van der Waals surface area contributed by atoms with E-state index < -0.39 is 27.7 Å². The number of rotatable bonds is 8. The molecule has 0 saturated carbocycles. The van der Waals surface area contributed by atoms with Gasteiger partial charge < -0.3 is 9.84 Å². The van der Waals surface area contributed by atoms with E-state index in [0.29, 0.717) is 0 Å². The van der Waals surface area contributed by atoms with Gasteiger partial charge in [0.15, 0.2) is 5.75 Å². The number of nitrogens with one attached hydrogen (secondary N) is 1. The third-order valence-corrected chi connectivity index (χ3v) is 3.01. The first kappa shape index (κ1) is 15.9. The van der Waals surface area contributed by atoms with Crippen LogP contribution in [0.25, 0.3) is 0 Å². The topological polar surface area (TPSA) is 110 Å². The number of hydrogen-bond donors (Lipinski definition) is 2. The lowest BCUT2D eigenvalue weighted by molar-refractivity contribution is -0.140. The molecule has 2 N–H and O–H groups in total. The monoisotopic (exact) mass is 267 g/mol. The Morgan fingerprint density at radius 1 is 1.41 bits per heavy atom. The first-order chi connectivity index (χ1) is 7.76. The largest absolute Gasteiger partial charge is 0.481 e. The Balaban J connectivity index is 4.10. The van der Waals surface area contributed by atoms with Crippen molar-refractivity contribution in [2.45, 2.75) is 20.3 Å². The summed E-state index contributed by atoms with van der Waals surface area (Å²) in [6.07, 6.45) is -0.137. The molecule has 1 unspecified atom stereocenters. The maximum Gasteiger partial charge on any atom is 0.322 e. The van der Waals surface area contributed by atoms with Gasteiger partial charge in [-0.2, -0.15) is 0 Å². The van der Waals surface area contributed by atoms with Gasteiger partial charge in [0.25, 0.3) is 0 Å². The van der Waals surface area contributed by atoms with Crippen LogP contribution < -0.4 is 4.72 Å². The van der Waals surface area contributed by atoms with Crippen molar-refractivity contribution in [2.75, 3.05) is 18.9 Å². The number of sulfonamides is 1. The fourth-order valence-corrected chi connectivity index (χ4v) is 2.08. The first-order valence-corrected chi connectivity index (χ1v) is 6.76. The van der Waals surface area contributed by atoms with Crippen molar-refractivity contribution in [1.82, 2.24) is 4.72 Å². The number of carbonyl (C=O) groups excluding carboxylic acids is 1. The van der Waals surface area contributed by atoms with Crippen LogP contribution in [0.5, 0.6) is 0 Å². The van der Waals surface area contributed by atoms with Crippen molar-refractivity contribution >= 4 is 22.0 Å². The highest BCUT2D eigenvalue weighted by Gasteiger charge is 2.18. The molecule has 100 valence electrons. The summed E-state index contributed by atoms with van der Waals surface area (Å²) in [5.74, 6) is -2.92. The molecule has 0 aromatic heterocycles. The summed E-state index contributed by atoms with van der Waals surface area (Å²) in [6.45, 7) is 3.27. The van der Waals surface area contributed by atoms with Crippen molar-refractivity contribution in [3.8, 4) is 0 Å². The van der Waals surface area contributed by atoms with Gasteiger partial charge >= 0.3 is 11.9 Å². The van der Waals surface area contributed by atoms with E-state index in [1.54, 1.807) is 13.8 Å². The van der Waals surface area contributed by atoms with E-state index >= 15 is 0 Å². The number of carboxylic acid groups (broad SMARTS) is 1. The van der Waals surface area contributed by atoms with Crippen LogP contribution in [0, 0.1) is 5.92 Å². The van der Waals surface area contributed by atoms with Crippen molar-refractivity contribution < 1.29 is 27.9 Å². The summed E-state index contributed by atoms with van der Waals surface area (Å²) in [4.78, 5) is 21.3. The average Bonchev–Trinajstić information content (AvgIpc) is 2.13. The Labute approximate surface area is 100 Å². The summed E-state index contributed by atoms with van der Waals surface area (Å²) < 4.78 is 29.4. The summed E-state index contributed by atoms with van der Waals surface area (Å²) in [6, 6.07) is 0. The van der Waals surface area contributed by atoms with E-state index in [2.05, 4.69) is 9.46 Å². The molecule has 0 aromatic carbocycles. The molecule has 0 spiro atoms. The van der Waals surface area contributed by atoms with Gasteiger partial charge in [-0.3, -0.25) is 9.59 Å². The lowest BCUT2D eigenvalue weighted by Gasteiger charge is -2.10. The predicted octanol–water partition coefficient (Wildman–Crippen LogP) is -0.420. The maximum absolute atomic E-state index is 11.3. The summed E-state index contributed by atoms with van der Waals surface area (Å²) >= 11 is 0. The Morgan fingerprint density at radius 2 is 2.00 bits per heavy atom. The Bertz CT molecular complexity index is 364. The molecular formula is C9H17NO6S. The predicted molar refractivity (Wildman–Crippen MR) is 59.8 cm³/mol. The Hall–Kier alpha value is -1.15. The number of aliphatic carboxylic acids is 1. The van der Waals surface area contributed by atoms with E-state index in [1.165, 1.54) is 0 Å². The van der Waals surface area contributed by atoms with Crippen molar-refractivity contribution in [1.29, 1.82) is 0 Å². The Kier molecular flexibility index (Phi) is 6.74. The Morgan fingerprint density at radius 3 is 2.47 bits per heavy atom. The molecule has 0 aliphatic carbocycles. The molecule has 0 saturated heterocycles. The summed E-state index contributed by atoms with van der Waals surface area (Å²) in [7, 11) is -3.75. The van der Waals surface area contributed by atoms with Crippen LogP contribution in [0.2, 0.25) is 0 Å². The van der Waals surface area contributed by atoms with Crippen LogP contribution in [0.3, 0.4) is 0 Å². The second-order valence-corrected chi connectivity index (χ2v) is 5.42. The van der Waals surface area contributed by atoms with E-state index in [4.69, 9.17) is 5.11 Å². The average molecular weight is 267 g/mol. The minimum atomic E-state index is -3.75. The zero-order valence-electron chi connectivity index (χ0n) is 9.80. The van der Waals surface area contributed by atoms with Gasteiger partial charge in [0, 0.05) is 13.0 Å². The minimum Gasteiger partial charge on any atom is -0.481 e. The molecule has 0 aliphatic rings. The van der Waals surface area contributed by atoms with Crippen LogP contribution >= 0.6 is 0 Å². The lowest BCUT2D eigenvalue weighted by atomic mass is 10.1. The van der Waals surface area contributed by atoms with Crippen LogP contribution in [-0.4, -0.2) is 44.4 Å². The molecule has 17 heavy (non-hydrogen) atoms. The highest BCUT2D eigenvalue weighted by molar-refractivity contribution is 7.90. The second-order valence-electron chi connectivity index (χ2n) is 3.62. The third kappa shape index (κ3) is 8.64. The summed E-state index contributed by atoms with van der Waals surface area (Å²) in [5, 5.41) is 8.48. The van der Waals surface area contributed by atoms with Crippen molar-refractivity contribution in [3.05, 3.63) is 0 Å². The maximum atomic E-state index is 11.3. The van der Waals surface area contributed by atoms with E-state index in [9.17, 15) is 18.0 Å². The molecule has 0 heterocycles. The van der Waals surface area contributed by atoms with Gasteiger partial charge in [0.1, 0.15) is 0 Å². The molecule has 0 fully saturated rings. The molecule has 0 rings (SSSR count). The fraction of sp³-hybridized carbons (Fsp3) is 0.778. The summed E-state index contributed by atoms with van der Waals surface area (Å²) in [5.41, 5.74) is 0. The molecule has 8 heteroatoms. The van der Waals surface area contributed by atoms with E-state index in [1.807, 2.05) is 0 Å². The molecular weight excluding hydrogens is 250 g/mol. The SMILES string of the molecule is CCOC(=O)CS(=O)(=O)NCC(C)CC(=O)O. The van der Waals surface area contributed by atoms with Crippen LogP contribution in [-0.2, 0) is 24.3 Å². The van der Waals surface area contributed by atoms with E-state index in [0.717, 1.165) is 0 Å². The van der Waals surface area contributed by atoms with Gasteiger partial charge in [-0.25, -0.2) is 13.1 Å². The lowest BCUT2D eigenvalue weighted by Crippen LogP contribution is -2.34. The smallest absolute Gasteiger partial charge is 0.322 e. The second kappa shape index (κ2) is 7.23. The first-order valence-electron chi connectivity index (χ1n) is 5.11. The number of hydrogen-bond acceptors (Lipinski definition) is 5. The normalized spacial score (nSPS) is 13.1. The molecule has 0 aliphatic heterocycles. The molecule has 0 radical (unpaired) electrons. The molecule has 0 aromatic rings. The van der Waals surface area contributed by atoms with Crippen LogP contribution in [0.1, 0.15) is 20.3 Å². The molecule has 0 amide bonds. The van der Waals surface area contributed by atoms with Crippen LogP contribution in [0.15, 0.2) is 0 Å². The quantitative estimate of drug-likeness (QED) is 0.578. The van der Waals surface area contributed by atoms with Gasteiger partial charge in [0.05, 0.1) is 6.61 Å². The zero-order valence-corrected chi connectivity index (χ0v) is 10.6. The van der Waals surface area contributed by atoms with Gasteiger partial charge in [-0.15, -0.1) is 0 Å². The molecule has 0 bridgehead atoms.